The average Bonchev–Trinajstić information content (AvgIpc) is 2.37. The summed E-state index contributed by atoms with van der Waals surface area (Å²) in [7, 11) is 0. The van der Waals surface area contributed by atoms with E-state index in [0.717, 1.165) is 0 Å². The van der Waals surface area contributed by atoms with Gasteiger partial charge >= 0.3 is 0 Å². The molecule has 20 heavy (non-hydrogen) atoms. The quantitative estimate of drug-likeness (QED) is 0.666. The number of hydrogen-bond donors (Lipinski definition) is 0. The molecule has 0 aliphatic heterocycles. The number of alkyl halides is 6. The molecule has 0 saturated carbocycles. The highest BCUT2D eigenvalue weighted by Crippen LogP contribution is 2.40. The Bertz CT molecular complexity index is 575. The van der Waals surface area contributed by atoms with E-state index >= 15 is 0 Å². The van der Waals surface area contributed by atoms with Crippen LogP contribution in [0.4, 0.5) is 0 Å². The van der Waals surface area contributed by atoms with Gasteiger partial charge in [-0.1, -0.05) is 69.6 Å². The Labute approximate surface area is 144 Å². The lowest BCUT2D eigenvalue weighted by atomic mass is 10.3. The van der Waals surface area contributed by atoms with Crippen molar-refractivity contribution in [2.24, 2.45) is 0 Å². The lowest BCUT2D eigenvalue weighted by Crippen LogP contribution is -2.16. The van der Waals surface area contributed by atoms with Gasteiger partial charge in [-0.25, -0.2) is 15.0 Å². The summed E-state index contributed by atoms with van der Waals surface area (Å²) in [6.45, 7) is 0. The van der Waals surface area contributed by atoms with E-state index in [2.05, 4.69) is 19.9 Å². The molecule has 0 N–H and O–H groups in total. The summed E-state index contributed by atoms with van der Waals surface area (Å²) < 4.78 is -3.74. The van der Waals surface area contributed by atoms with Gasteiger partial charge in [0.05, 0.1) is 0 Å². The predicted octanol–water partition coefficient (Wildman–Crippen LogP) is 4.59. The van der Waals surface area contributed by atoms with Crippen LogP contribution in [-0.2, 0) is 7.59 Å². The van der Waals surface area contributed by atoms with Crippen molar-refractivity contribution in [3.63, 3.8) is 0 Å². The molecule has 106 valence electrons. The highest BCUT2D eigenvalue weighted by atomic mass is 35.6. The molecule has 0 bridgehead atoms. The van der Waals surface area contributed by atoms with Crippen molar-refractivity contribution < 1.29 is 0 Å². The van der Waals surface area contributed by atoms with Crippen LogP contribution in [0, 0.1) is 0 Å². The summed E-state index contributed by atoms with van der Waals surface area (Å²) >= 11 is 34.6. The van der Waals surface area contributed by atoms with Gasteiger partial charge in [-0.2, -0.15) is 0 Å². The standard InChI is InChI=1S/C10H4Cl6N4/c11-9(12,13)7-18-6(5-2-1-3-17-4-5)19-8(20-7)10(14,15)16/h1-4H. The zero-order valence-corrected chi connectivity index (χ0v) is 13.9. The van der Waals surface area contributed by atoms with Crippen LogP contribution in [0.3, 0.4) is 0 Å². The minimum absolute atomic E-state index is 0.141. The number of aromatic nitrogens is 4. The monoisotopic (exact) mass is 390 g/mol. The fourth-order valence-corrected chi connectivity index (χ4v) is 1.76. The maximum atomic E-state index is 5.77. The van der Waals surface area contributed by atoms with Crippen LogP contribution in [0.2, 0.25) is 0 Å². The molecule has 0 fully saturated rings. The highest BCUT2D eigenvalue weighted by molar-refractivity contribution is 6.67. The van der Waals surface area contributed by atoms with Crippen molar-refractivity contribution in [2.45, 2.75) is 7.59 Å². The van der Waals surface area contributed by atoms with Crippen molar-refractivity contribution in [3.8, 4) is 11.4 Å². The van der Waals surface area contributed by atoms with Crippen molar-refractivity contribution >= 4 is 69.6 Å². The van der Waals surface area contributed by atoms with Crippen LogP contribution in [-0.4, -0.2) is 19.9 Å². The third kappa shape index (κ3) is 3.97. The van der Waals surface area contributed by atoms with Crippen LogP contribution in [0.15, 0.2) is 24.5 Å². The first kappa shape index (κ1) is 16.3. The minimum Gasteiger partial charge on any atom is -0.264 e. The van der Waals surface area contributed by atoms with Gasteiger partial charge in [0.25, 0.3) is 0 Å². The zero-order chi connectivity index (χ0) is 15.0. The molecule has 2 rings (SSSR count). The first-order valence-corrected chi connectivity index (χ1v) is 7.25. The summed E-state index contributed by atoms with van der Waals surface area (Å²) in [6, 6.07) is 3.41. The molecule has 10 heteroatoms. The Morgan fingerprint density at radius 1 is 0.800 bits per heavy atom. The van der Waals surface area contributed by atoms with Crippen molar-refractivity contribution in [1.29, 1.82) is 0 Å². The SMILES string of the molecule is ClC(Cl)(Cl)c1nc(-c2cccnc2)nc(C(Cl)(Cl)Cl)n1. The molecule has 2 aromatic heterocycles. The van der Waals surface area contributed by atoms with Gasteiger partial charge in [0, 0.05) is 18.0 Å². The average molecular weight is 393 g/mol. The summed E-state index contributed by atoms with van der Waals surface area (Å²) in [5.74, 6) is -0.0916. The molecule has 0 unspecified atom stereocenters. The Balaban J connectivity index is 2.64. The fraction of sp³-hybridized carbons (Fsp3) is 0.200. The first-order chi connectivity index (χ1) is 9.18. The van der Waals surface area contributed by atoms with E-state index in [1.807, 2.05) is 0 Å². The number of nitrogens with zero attached hydrogens (tertiary/aromatic N) is 4. The second-order valence-electron chi connectivity index (χ2n) is 3.54. The van der Waals surface area contributed by atoms with Crippen molar-refractivity contribution in [2.75, 3.05) is 0 Å². The molecular formula is C10H4Cl6N4. The molecule has 0 aliphatic rings. The summed E-state index contributed by atoms with van der Waals surface area (Å²) in [6.07, 6.45) is 3.12. The number of pyridine rings is 1. The molecule has 0 radical (unpaired) electrons. The fourth-order valence-electron chi connectivity index (χ4n) is 1.25. The molecule has 0 aliphatic carbocycles. The van der Waals surface area contributed by atoms with E-state index < -0.39 is 7.59 Å². The Kier molecular flexibility index (Phi) is 4.84. The minimum atomic E-state index is -1.87. The van der Waals surface area contributed by atoms with Crippen LogP contribution in [0.1, 0.15) is 11.6 Å². The van der Waals surface area contributed by atoms with Gasteiger partial charge < -0.3 is 0 Å². The van der Waals surface area contributed by atoms with E-state index in [9.17, 15) is 0 Å². The molecule has 0 amide bonds. The summed E-state index contributed by atoms with van der Waals surface area (Å²) in [5.41, 5.74) is 0.570. The number of halogens is 6. The normalized spacial score (nSPS) is 12.5. The Morgan fingerprint density at radius 3 is 1.75 bits per heavy atom. The van der Waals surface area contributed by atoms with Crippen LogP contribution >= 0.6 is 69.6 Å². The zero-order valence-electron chi connectivity index (χ0n) is 9.37. The topological polar surface area (TPSA) is 51.6 Å². The molecule has 2 heterocycles. The van der Waals surface area contributed by atoms with E-state index in [1.165, 1.54) is 6.20 Å². The number of hydrogen-bond acceptors (Lipinski definition) is 4. The summed E-state index contributed by atoms with van der Waals surface area (Å²) in [4.78, 5) is 15.9. The predicted molar refractivity (Wildman–Crippen MR) is 81.5 cm³/mol. The van der Waals surface area contributed by atoms with Gasteiger partial charge in [-0.15, -0.1) is 0 Å². The molecule has 0 atom stereocenters. The molecule has 0 saturated heterocycles. The third-order valence-corrected chi connectivity index (χ3v) is 3.08. The first-order valence-electron chi connectivity index (χ1n) is 4.99. The van der Waals surface area contributed by atoms with Crippen molar-refractivity contribution in [1.82, 2.24) is 19.9 Å². The maximum Gasteiger partial charge on any atom is 0.250 e. The highest BCUT2D eigenvalue weighted by Gasteiger charge is 2.33. The lowest BCUT2D eigenvalue weighted by Gasteiger charge is -2.15. The van der Waals surface area contributed by atoms with Crippen LogP contribution in [0.25, 0.3) is 11.4 Å². The van der Waals surface area contributed by atoms with E-state index in [0.29, 0.717) is 5.56 Å². The second-order valence-corrected chi connectivity index (χ2v) is 8.11. The smallest absolute Gasteiger partial charge is 0.250 e. The second kappa shape index (κ2) is 5.95. The van der Waals surface area contributed by atoms with Gasteiger partial charge in [-0.05, 0) is 12.1 Å². The van der Waals surface area contributed by atoms with Gasteiger partial charge in [0.1, 0.15) is 0 Å². The van der Waals surface area contributed by atoms with Gasteiger partial charge in [0.15, 0.2) is 17.5 Å². The number of rotatable bonds is 1. The molecule has 0 aromatic carbocycles. The third-order valence-electron chi connectivity index (χ3n) is 2.06. The van der Waals surface area contributed by atoms with E-state index in [-0.39, 0.29) is 17.5 Å². The summed E-state index contributed by atoms with van der Waals surface area (Å²) in [5, 5.41) is 0. The van der Waals surface area contributed by atoms with Gasteiger partial charge in [0.2, 0.25) is 7.59 Å². The van der Waals surface area contributed by atoms with Crippen LogP contribution in [0.5, 0.6) is 0 Å². The maximum absolute atomic E-state index is 5.77. The van der Waals surface area contributed by atoms with Crippen LogP contribution < -0.4 is 0 Å². The van der Waals surface area contributed by atoms with Crippen molar-refractivity contribution in [3.05, 3.63) is 36.2 Å². The van der Waals surface area contributed by atoms with Gasteiger partial charge in [-0.3, -0.25) is 4.98 Å². The van der Waals surface area contributed by atoms with E-state index in [4.69, 9.17) is 69.6 Å². The Morgan fingerprint density at radius 2 is 1.35 bits per heavy atom. The largest absolute Gasteiger partial charge is 0.264 e. The van der Waals surface area contributed by atoms with E-state index in [1.54, 1.807) is 18.3 Å². The Hall–Kier alpha value is -0.100. The molecule has 4 nitrogen and oxygen atoms in total. The molecular weight excluding hydrogens is 389 g/mol. The molecule has 0 spiro atoms. The lowest BCUT2D eigenvalue weighted by molar-refractivity contribution is 0.851. The molecule has 2 aromatic rings.